The Kier molecular flexibility index (Phi) is 4.39. The zero-order valence-corrected chi connectivity index (χ0v) is 12.9. The smallest absolute Gasteiger partial charge is 0.244 e. The number of carbonyl (C=O) groups excluding carboxylic acids is 1. The van der Waals surface area contributed by atoms with Gasteiger partial charge in [0.1, 0.15) is 11.6 Å². The molecular weight excluding hydrogens is 298 g/mol. The van der Waals surface area contributed by atoms with Gasteiger partial charge in [0.25, 0.3) is 0 Å². The van der Waals surface area contributed by atoms with Crippen LogP contribution in [0.5, 0.6) is 0 Å². The zero-order chi connectivity index (χ0) is 16.4. The highest BCUT2D eigenvalue weighted by Crippen LogP contribution is 2.22. The number of halogens is 2. The lowest BCUT2D eigenvalue weighted by atomic mass is 10.1. The van der Waals surface area contributed by atoms with E-state index >= 15 is 0 Å². The highest BCUT2D eigenvalue weighted by molar-refractivity contribution is 5.97. The number of amides is 1. The Hall–Kier alpha value is -2.27. The summed E-state index contributed by atoms with van der Waals surface area (Å²) < 4.78 is 26.8. The summed E-state index contributed by atoms with van der Waals surface area (Å²) in [5.41, 5.74) is 1.27. The topological polar surface area (TPSA) is 23.6 Å². The van der Waals surface area contributed by atoms with E-state index in [2.05, 4.69) is 0 Å². The van der Waals surface area contributed by atoms with E-state index in [4.69, 9.17) is 0 Å². The summed E-state index contributed by atoms with van der Waals surface area (Å²) in [6, 6.07) is 12.2. The van der Waals surface area contributed by atoms with E-state index in [1.54, 1.807) is 35.2 Å². The van der Waals surface area contributed by atoms with Gasteiger partial charge in [-0.1, -0.05) is 18.2 Å². The molecule has 3 nitrogen and oxygen atoms in total. The minimum absolute atomic E-state index is 0.0563. The molecule has 5 heteroatoms. The Bertz CT molecular complexity index is 702. The second-order valence-electron chi connectivity index (χ2n) is 5.70. The SMILES string of the molecule is C[C@H]1C(=O)N(c2ccc(F)cc2)CCN1Cc1ccccc1F. The molecule has 1 aliphatic rings. The highest BCUT2D eigenvalue weighted by atomic mass is 19.1. The molecule has 1 saturated heterocycles. The number of piperazine rings is 1. The number of rotatable bonds is 3. The van der Waals surface area contributed by atoms with Gasteiger partial charge in [-0.25, -0.2) is 8.78 Å². The van der Waals surface area contributed by atoms with E-state index in [0.717, 1.165) is 0 Å². The molecule has 1 amide bonds. The van der Waals surface area contributed by atoms with Crippen LogP contribution in [0.15, 0.2) is 48.5 Å². The van der Waals surface area contributed by atoms with E-state index in [1.807, 2.05) is 11.8 Å². The number of nitrogens with zero attached hydrogens (tertiary/aromatic N) is 2. The Balaban J connectivity index is 1.73. The lowest BCUT2D eigenvalue weighted by Crippen LogP contribution is -2.55. The molecule has 0 unspecified atom stereocenters. The summed E-state index contributed by atoms with van der Waals surface area (Å²) in [6.07, 6.45) is 0. The van der Waals surface area contributed by atoms with Crippen LogP contribution in [0, 0.1) is 11.6 Å². The largest absolute Gasteiger partial charge is 0.310 e. The first-order valence-corrected chi connectivity index (χ1v) is 7.60. The van der Waals surface area contributed by atoms with Crippen molar-refractivity contribution in [3.8, 4) is 0 Å². The fourth-order valence-corrected chi connectivity index (χ4v) is 2.85. The first-order valence-electron chi connectivity index (χ1n) is 7.60. The van der Waals surface area contributed by atoms with Crippen molar-refractivity contribution in [2.45, 2.75) is 19.5 Å². The van der Waals surface area contributed by atoms with Crippen molar-refractivity contribution >= 4 is 11.6 Å². The summed E-state index contributed by atoms with van der Waals surface area (Å²) in [5.74, 6) is -0.639. The summed E-state index contributed by atoms with van der Waals surface area (Å²) in [7, 11) is 0. The molecule has 0 bridgehead atoms. The molecule has 0 aliphatic carbocycles. The maximum atomic E-state index is 13.8. The molecule has 3 rings (SSSR count). The lowest BCUT2D eigenvalue weighted by molar-refractivity contribution is -0.125. The molecule has 1 atom stereocenters. The summed E-state index contributed by atoms with van der Waals surface area (Å²) >= 11 is 0. The summed E-state index contributed by atoms with van der Waals surface area (Å²) in [5, 5.41) is 0. The van der Waals surface area contributed by atoms with Crippen LogP contribution in [-0.2, 0) is 11.3 Å². The maximum absolute atomic E-state index is 13.8. The molecular formula is C18H18F2N2O. The number of carbonyl (C=O) groups is 1. The standard InChI is InChI=1S/C18H18F2N2O/c1-13-18(23)22(16-8-6-15(19)7-9-16)11-10-21(13)12-14-4-2-3-5-17(14)20/h2-9,13H,10-12H2,1H3/t13-/m0/s1. The van der Waals surface area contributed by atoms with Gasteiger partial charge >= 0.3 is 0 Å². The predicted octanol–water partition coefficient (Wildman–Crippen LogP) is 3.20. The van der Waals surface area contributed by atoms with Gasteiger partial charge in [0.15, 0.2) is 0 Å². The molecule has 0 saturated carbocycles. The van der Waals surface area contributed by atoms with Crippen molar-refractivity contribution in [2.75, 3.05) is 18.0 Å². The van der Waals surface area contributed by atoms with Crippen LogP contribution in [0.3, 0.4) is 0 Å². The maximum Gasteiger partial charge on any atom is 0.244 e. The van der Waals surface area contributed by atoms with E-state index in [1.165, 1.54) is 18.2 Å². The van der Waals surface area contributed by atoms with Gasteiger partial charge < -0.3 is 4.90 Å². The molecule has 1 fully saturated rings. The third kappa shape index (κ3) is 3.24. The van der Waals surface area contributed by atoms with Crippen molar-refractivity contribution in [1.82, 2.24) is 4.90 Å². The fourth-order valence-electron chi connectivity index (χ4n) is 2.85. The number of benzene rings is 2. The van der Waals surface area contributed by atoms with E-state index in [-0.39, 0.29) is 23.6 Å². The predicted molar refractivity (Wildman–Crippen MR) is 85.0 cm³/mol. The van der Waals surface area contributed by atoms with Gasteiger partial charge in [0.2, 0.25) is 5.91 Å². The van der Waals surface area contributed by atoms with Crippen LogP contribution < -0.4 is 4.90 Å². The first kappa shape index (κ1) is 15.6. The highest BCUT2D eigenvalue weighted by Gasteiger charge is 2.32. The lowest BCUT2D eigenvalue weighted by Gasteiger charge is -2.39. The normalized spacial score (nSPS) is 19.2. The quantitative estimate of drug-likeness (QED) is 0.868. The first-order chi connectivity index (χ1) is 11.1. The van der Waals surface area contributed by atoms with Crippen LogP contribution in [-0.4, -0.2) is 29.9 Å². The Morgan fingerprint density at radius 3 is 2.43 bits per heavy atom. The molecule has 1 aliphatic heterocycles. The molecule has 120 valence electrons. The van der Waals surface area contributed by atoms with Crippen molar-refractivity contribution in [1.29, 1.82) is 0 Å². The van der Waals surface area contributed by atoms with Crippen LogP contribution in [0.1, 0.15) is 12.5 Å². The zero-order valence-electron chi connectivity index (χ0n) is 12.9. The van der Waals surface area contributed by atoms with E-state index in [0.29, 0.717) is 30.9 Å². The Morgan fingerprint density at radius 1 is 1.04 bits per heavy atom. The summed E-state index contributed by atoms with van der Waals surface area (Å²) in [6.45, 7) is 3.36. The average Bonchev–Trinajstić information content (AvgIpc) is 2.55. The van der Waals surface area contributed by atoms with Gasteiger partial charge in [-0.15, -0.1) is 0 Å². The van der Waals surface area contributed by atoms with E-state index < -0.39 is 0 Å². The molecule has 0 spiro atoms. The van der Waals surface area contributed by atoms with Crippen molar-refractivity contribution < 1.29 is 13.6 Å². The number of hydrogen-bond acceptors (Lipinski definition) is 2. The number of hydrogen-bond donors (Lipinski definition) is 0. The average molecular weight is 316 g/mol. The van der Waals surface area contributed by atoms with Crippen LogP contribution >= 0.6 is 0 Å². The minimum atomic E-state index is -0.353. The number of anilines is 1. The Labute approximate surface area is 134 Å². The molecule has 0 radical (unpaired) electrons. The molecule has 0 N–H and O–H groups in total. The minimum Gasteiger partial charge on any atom is -0.310 e. The molecule has 2 aromatic carbocycles. The second-order valence-corrected chi connectivity index (χ2v) is 5.70. The third-order valence-corrected chi connectivity index (χ3v) is 4.25. The van der Waals surface area contributed by atoms with Gasteiger partial charge in [0.05, 0.1) is 6.04 Å². The molecule has 0 aromatic heterocycles. The van der Waals surface area contributed by atoms with Crippen LogP contribution in [0.25, 0.3) is 0 Å². The van der Waals surface area contributed by atoms with Gasteiger partial charge in [-0.2, -0.15) is 0 Å². The van der Waals surface area contributed by atoms with Crippen molar-refractivity contribution in [2.24, 2.45) is 0 Å². The van der Waals surface area contributed by atoms with Crippen molar-refractivity contribution in [3.63, 3.8) is 0 Å². The van der Waals surface area contributed by atoms with Crippen LogP contribution in [0.4, 0.5) is 14.5 Å². The van der Waals surface area contributed by atoms with E-state index in [9.17, 15) is 13.6 Å². The third-order valence-electron chi connectivity index (χ3n) is 4.25. The Morgan fingerprint density at radius 2 is 1.74 bits per heavy atom. The van der Waals surface area contributed by atoms with Gasteiger partial charge in [-0.3, -0.25) is 9.69 Å². The summed E-state index contributed by atoms with van der Waals surface area (Å²) in [4.78, 5) is 16.2. The molecule has 2 aromatic rings. The van der Waals surface area contributed by atoms with Crippen molar-refractivity contribution in [3.05, 3.63) is 65.7 Å². The van der Waals surface area contributed by atoms with Crippen LogP contribution in [0.2, 0.25) is 0 Å². The molecule has 1 heterocycles. The fraction of sp³-hybridized carbons (Fsp3) is 0.278. The monoisotopic (exact) mass is 316 g/mol. The second kappa shape index (κ2) is 6.46. The van der Waals surface area contributed by atoms with Gasteiger partial charge in [0, 0.05) is 30.9 Å². The molecule has 23 heavy (non-hydrogen) atoms. The van der Waals surface area contributed by atoms with Gasteiger partial charge in [-0.05, 0) is 37.3 Å².